The molecular weight excluding hydrogens is 218 g/mol. The van der Waals surface area contributed by atoms with Crippen LogP contribution in [0, 0.1) is 0 Å². The molecule has 0 aliphatic rings. The lowest BCUT2D eigenvalue weighted by Crippen LogP contribution is -1.87. The molecule has 1 heterocycles. The predicted molar refractivity (Wildman–Crippen MR) is 67.3 cm³/mol. The van der Waals surface area contributed by atoms with Gasteiger partial charge in [0, 0.05) is 17.5 Å². The summed E-state index contributed by atoms with van der Waals surface area (Å²) in [5, 5.41) is 1.18. The van der Waals surface area contributed by atoms with Crippen LogP contribution in [0.1, 0.15) is 22.4 Å². The van der Waals surface area contributed by atoms with Crippen LogP contribution in [0.3, 0.4) is 0 Å². The molecule has 0 atom stereocenters. The Kier molecular flexibility index (Phi) is 3.57. The number of hydrogen-bond acceptors (Lipinski definition) is 3. The molecule has 0 bridgehead atoms. The SMILES string of the molecule is CCc1cnc(Cc2ccc(OC)cc2)s1. The van der Waals surface area contributed by atoms with Crippen molar-refractivity contribution in [3.8, 4) is 5.75 Å². The van der Waals surface area contributed by atoms with Gasteiger partial charge in [0.2, 0.25) is 0 Å². The Morgan fingerprint density at radius 2 is 2.00 bits per heavy atom. The summed E-state index contributed by atoms with van der Waals surface area (Å²) in [5.74, 6) is 0.900. The van der Waals surface area contributed by atoms with Crippen LogP contribution >= 0.6 is 11.3 Å². The number of thiazole rings is 1. The highest BCUT2D eigenvalue weighted by Crippen LogP contribution is 2.19. The van der Waals surface area contributed by atoms with Gasteiger partial charge in [-0.15, -0.1) is 11.3 Å². The molecule has 84 valence electrons. The van der Waals surface area contributed by atoms with Gasteiger partial charge >= 0.3 is 0 Å². The molecule has 0 N–H and O–H groups in total. The molecule has 0 fully saturated rings. The molecule has 3 heteroatoms. The molecule has 0 unspecified atom stereocenters. The van der Waals surface area contributed by atoms with Crippen LogP contribution in [0.4, 0.5) is 0 Å². The average molecular weight is 233 g/mol. The number of rotatable bonds is 4. The first kappa shape index (κ1) is 11.1. The van der Waals surface area contributed by atoms with Gasteiger partial charge in [-0.05, 0) is 24.1 Å². The van der Waals surface area contributed by atoms with E-state index in [9.17, 15) is 0 Å². The second-order valence-corrected chi connectivity index (χ2v) is 4.80. The van der Waals surface area contributed by atoms with Gasteiger partial charge in [-0.2, -0.15) is 0 Å². The Balaban J connectivity index is 2.08. The van der Waals surface area contributed by atoms with Crippen molar-refractivity contribution < 1.29 is 4.74 Å². The molecule has 0 aliphatic heterocycles. The third-order valence-corrected chi connectivity index (χ3v) is 3.61. The molecule has 2 rings (SSSR count). The van der Waals surface area contributed by atoms with Gasteiger partial charge in [-0.1, -0.05) is 19.1 Å². The molecule has 0 aliphatic carbocycles. The van der Waals surface area contributed by atoms with Crippen LogP contribution in [0.25, 0.3) is 0 Å². The molecule has 0 saturated carbocycles. The Labute approximate surface area is 99.9 Å². The van der Waals surface area contributed by atoms with Crippen LogP contribution < -0.4 is 4.74 Å². The lowest BCUT2D eigenvalue weighted by Gasteiger charge is -2.01. The third kappa shape index (κ3) is 2.61. The van der Waals surface area contributed by atoms with E-state index in [1.807, 2.05) is 18.3 Å². The van der Waals surface area contributed by atoms with Crippen molar-refractivity contribution >= 4 is 11.3 Å². The van der Waals surface area contributed by atoms with E-state index in [0.29, 0.717) is 0 Å². The Morgan fingerprint density at radius 3 is 2.56 bits per heavy atom. The van der Waals surface area contributed by atoms with Crippen LogP contribution in [0.5, 0.6) is 5.75 Å². The smallest absolute Gasteiger partial charge is 0.118 e. The second kappa shape index (κ2) is 5.12. The first-order valence-corrected chi connectivity index (χ1v) is 6.20. The van der Waals surface area contributed by atoms with Gasteiger partial charge in [0.05, 0.1) is 12.1 Å². The van der Waals surface area contributed by atoms with Gasteiger partial charge in [-0.25, -0.2) is 4.98 Å². The van der Waals surface area contributed by atoms with Crippen molar-refractivity contribution in [2.45, 2.75) is 19.8 Å². The van der Waals surface area contributed by atoms with E-state index in [4.69, 9.17) is 4.74 Å². The average Bonchev–Trinajstić information content (AvgIpc) is 2.78. The van der Waals surface area contributed by atoms with Gasteiger partial charge in [-0.3, -0.25) is 0 Å². The fourth-order valence-corrected chi connectivity index (χ4v) is 2.41. The van der Waals surface area contributed by atoms with Gasteiger partial charge < -0.3 is 4.74 Å². The zero-order chi connectivity index (χ0) is 11.4. The van der Waals surface area contributed by atoms with Crippen LogP contribution in [0.2, 0.25) is 0 Å². The minimum Gasteiger partial charge on any atom is -0.497 e. The predicted octanol–water partition coefficient (Wildman–Crippen LogP) is 3.30. The van der Waals surface area contributed by atoms with Crippen LogP contribution in [-0.2, 0) is 12.8 Å². The van der Waals surface area contributed by atoms with Gasteiger partial charge in [0.15, 0.2) is 0 Å². The maximum Gasteiger partial charge on any atom is 0.118 e. The summed E-state index contributed by atoms with van der Waals surface area (Å²) < 4.78 is 5.13. The van der Waals surface area contributed by atoms with E-state index in [-0.39, 0.29) is 0 Å². The first-order chi connectivity index (χ1) is 7.81. The van der Waals surface area contributed by atoms with E-state index < -0.39 is 0 Å². The molecule has 2 aromatic rings. The van der Waals surface area contributed by atoms with Crippen molar-refractivity contribution in [1.29, 1.82) is 0 Å². The highest BCUT2D eigenvalue weighted by Gasteiger charge is 2.02. The lowest BCUT2D eigenvalue weighted by molar-refractivity contribution is 0.414. The number of aryl methyl sites for hydroxylation is 1. The fraction of sp³-hybridized carbons (Fsp3) is 0.308. The zero-order valence-corrected chi connectivity index (χ0v) is 10.4. The summed E-state index contributed by atoms with van der Waals surface area (Å²) in [4.78, 5) is 5.76. The van der Waals surface area contributed by atoms with E-state index in [1.165, 1.54) is 15.4 Å². The molecule has 0 radical (unpaired) electrons. The van der Waals surface area contributed by atoms with Crippen molar-refractivity contribution in [1.82, 2.24) is 4.98 Å². The summed E-state index contributed by atoms with van der Waals surface area (Å²) in [6.45, 7) is 2.16. The van der Waals surface area contributed by atoms with Gasteiger partial charge in [0.1, 0.15) is 5.75 Å². The van der Waals surface area contributed by atoms with E-state index in [1.54, 1.807) is 18.4 Å². The maximum atomic E-state index is 5.13. The standard InChI is InChI=1S/C13H15NOS/c1-3-12-9-14-13(16-12)8-10-4-6-11(15-2)7-5-10/h4-7,9H,3,8H2,1-2H3. The van der Waals surface area contributed by atoms with Crippen molar-refractivity contribution in [3.63, 3.8) is 0 Å². The van der Waals surface area contributed by atoms with Gasteiger partial charge in [0.25, 0.3) is 0 Å². The molecule has 16 heavy (non-hydrogen) atoms. The van der Waals surface area contributed by atoms with Crippen molar-refractivity contribution in [3.05, 3.63) is 45.9 Å². The highest BCUT2D eigenvalue weighted by atomic mass is 32.1. The van der Waals surface area contributed by atoms with E-state index in [0.717, 1.165) is 18.6 Å². The summed E-state index contributed by atoms with van der Waals surface area (Å²) in [7, 11) is 1.68. The van der Waals surface area contributed by atoms with Crippen LogP contribution in [0.15, 0.2) is 30.5 Å². The van der Waals surface area contributed by atoms with Crippen molar-refractivity contribution in [2.75, 3.05) is 7.11 Å². The maximum absolute atomic E-state index is 5.13. The number of ether oxygens (including phenoxy) is 1. The normalized spacial score (nSPS) is 10.4. The summed E-state index contributed by atoms with van der Waals surface area (Å²) in [5.41, 5.74) is 1.28. The third-order valence-electron chi connectivity index (χ3n) is 2.46. The minimum absolute atomic E-state index is 0.900. The van der Waals surface area contributed by atoms with E-state index >= 15 is 0 Å². The number of aromatic nitrogens is 1. The second-order valence-electron chi connectivity index (χ2n) is 3.60. The van der Waals surface area contributed by atoms with Crippen LogP contribution in [-0.4, -0.2) is 12.1 Å². The molecule has 1 aromatic carbocycles. The Bertz CT molecular complexity index is 447. The monoisotopic (exact) mass is 233 g/mol. The fourth-order valence-electron chi connectivity index (χ4n) is 1.51. The summed E-state index contributed by atoms with van der Waals surface area (Å²) in [6, 6.07) is 8.16. The Morgan fingerprint density at radius 1 is 1.25 bits per heavy atom. The number of methoxy groups -OCH3 is 1. The molecule has 2 nitrogen and oxygen atoms in total. The number of hydrogen-bond donors (Lipinski definition) is 0. The molecule has 0 spiro atoms. The summed E-state index contributed by atoms with van der Waals surface area (Å²) >= 11 is 1.80. The molecule has 0 saturated heterocycles. The summed E-state index contributed by atoms with van der Waals surface area (Å²) in [6.07, 6.45) is 3.96. The first-order valence-electron chi connectivity index (χ1n) is 5.38. The lowest BCUT2D eigenvalue weighted by atomic mass is 10.1. The Hall–Kier alpha value is -1.35. The van der Waals surface area contributed by atoms with Crippen molar-refractivity contribution in [2.24, 2.45) is 0 Å². The number of nitrogens with zero attached hydrogens (tertiary/aromatic N) is 1. The number of benzene rings is 1. The quantitative estimate of drug-likeness (QED) is 0.808. The topological polar surface area (TPSA) is 22.1 Å². The molecule has 0 amide bonds. The molecular formula is C13H15NOS. The van der Waals surface area contributed by atoms with E-state index in [2.05, 4.69) is 24.0 Å². The largest absolute Gasteiger partial charge is 0.497 e. The minimum atomic E-state index is 0.900. The zero-order valence-electron chi connectivity index (χ0n) is 9.56. The highest BCUT2D eigenvalue weighted by molar-refractivity contribution is 7.11. The molecule has 1 aromatic heterocycles.